The first kappa shape index (κ1) is 48.2. The molecule has 13 aromatic rings. The summed E-state index contributed by atoms with van der Waals surface area (Å²) in [5.74, 6) is 0. The van der Waals surface area contributed by atoms with Crippen molar-refractivity contribution in [3.8, 4) is 16.8 Å². The lowest BCUT2D eigenvalue weighted by Crippen LogP contribution is -2.59. The molecule has 0 fully saturated rings. The summed E-state index contributed by atoms with van der Waals surface area (Å²) in [6.45, 7) is 27.4. The van der Waals surface area contributed by atoms with Crippen LogP contribution < -0.4 is 20.0 Å². The van der Waals surface area contributed by atoms with Crippen LogP contribution in [0.2, 0.25) is 0 Å². The molecule has 0 N–H and O–H groups in total. The highest BCUT2D eigenvalue weighted by molar-refractivity contribution is 7.32. The minimum Gasteiger partial charge on any atom is -0.456 e. The molecule has 0 atom stereocenters. The van der Waals surface area contributed by atoms with Crippen molar-refractivity contribution in [3.05, 3.63) is 192 Å². The Morgan fingerprint density at radius 1 is 0.418 bits per heavy atom. The van der Waals surface area contributed by atoms with Gasteiger partial charge in [-0.3, -0.25) is 0 Å². The Bertz CT molecular complexity index is 4640. The number of thiophene rings is 1. The Kier molecular flexibility index (Phi) is 9.94. The average molecular weight is 1050 g/mol. The number of hydrogen-bond donors (Lipinski definition) is 0. The van der Waals surface area contributed by atoms with Gasteiger partial charge in [0.25, 0.3) is 0 Å². The van der Waals surface area contributed by atoms with E-state index < -0.39 is 0 Å². The zero-order valence-corrected chi connectivity index (χ0v) is 48.1. The van der Waals surface area contributed by atoms with Crippen molar-refractivity contribution in [1.29, 1.82) is 0 Å². The molecule has 0 radical (unpaired) electrons. The molecule has 0 amide bonds. The Labute approximate surface area is 466 Å². The number of furan rings is 2. The summed E-state index contributed by atoms with van der Waals surface area (Å²) in [7, 11) is 0. The number of hydrogen-bond acceptors (Lipinski definition) is 5. The predicted molar refractivity (Wildman–Crippen MR) is 339 cm³/mol. The molecule has 6 heterocycles. The fourth-order valence-electron chi connectivity index (χ4n) is 13.0. The number of anilines is 5. The first-order chi connectivity index (χ1) is 37.7. The van der Waals surface area contributed by atoms with Gasteiger partial charge in [0, 0.05) is 93.3 Å². The van der Waals surface area contributed by atoms with Gasteiger partial charge in [0.2, 0.25) is 0 Å². The maximum atomic E-state index is 7.07. The first-order valence-corrected chi connectivity index (χ1v) is 28.9. The third-order valence-corrected chi connectivity index (χ3v) is 18.6. The number of fused-ring (bicyclic) bond motifs is 16. The van der Waals surface area contributed by atoms with Crippen LogP contribution in [0.25, 0.3) is 92.6 Å². The van der Waals surface area contributed by atoms with Gasteiger partial charge in [-0.1, -0.05) is 156 Å². The SMILES string of the molecule is CC(C)(C)c1ccc(N2B3c4sc5ccc(C(C)(C)C)cc5c4-n4c5cc6oc7ccccc7c6cc5c5ccc(c3c54)-c3cc4c(cc32)oc2ccc(N(c3ccc(C(C)(C)C)cc3)c3ccc(C(C)(C)C)cc3)cc24)cc1. The van der Waals surface area contributed by atoms with Crippen molar-refractivity contribution in [1.82, 2.24) is 4.57 Å². The van der Waals surface area contributed by atoms with E-state index in [0.29, 0.717) is 0 Å². The van der Waals surface area contributed by atoms with Crippen LogP contribution in [0, 0.1) is 0 Å². The number of aromatic nitrogens is 1. The summed E-state index contributed by atoms with van der Waals surface area (Å²) >= 11 is 1.94. The molecule has 2 aliphatic heterocycles. The van der Waals surface area contributed by atoms with Crippen molar-refractivity contribution >= 4 is 133 Å². The molecule has 388 valence electrons. The lowest BCUT2D eigenvalue weighted by Gasteiger charge is -2.41. The topological polar surface area (TPSA) is 37.7 Å². The molecular formula is C72H64BN3O2S. The van der Waals surface area contributed by atoms with E-state index in [2.05, 4.69) is 267 Å². The van der Waals surface area contributed by atoms with E-state index >= 15 is 0 Å². The molecule has 0 bridgehead atoms. The van der Waals surface area contributed by atoms with Gasteiger partial charge < -0.3 is 23.1 Å². The van der Waals surface area contributed by atoms with Crippen molar-refractivity contribution in [2.75, 3.05) is 9.71 Å². The Morgan fingerprint density at radius 2 is 0.975 bits per heavy atom. The number of benzene rings is 9. The highest BCUT2D eigenvalue weighted by atomic mass is 32.1. The average Bonchev–Trinajstić information content (AvgIpc) is 2.28. The molecule has 0 aliphatic carbocycles. The third kappa shape index (κ3) is 7.20. The van der Waals surface area contributed by atoms with Gasteiger partial charge in [-0.15, -0.1) is 11.3 Å². The maximum Gasteiger partial charge on any atom is 0.343 e. The van der Waals surface area contributed by atoms with Gasteiger partial charge in [-0.25, -0.2) is 0 Å². The normalized spacial score (nSPS) is 13.8. The van der Waals surface area contributed by atoms with E-state index in [1.54, 1.807) is 0 Å². The summed E-state index contributed by atoms with van der Waals surface area (Å²) in [5, 5.41) is 8.23. The fraction of sp³-hybridized carbons (Fsp3) is 0.222. The second kappa shape index (κ2) is 16.3. The second-order valence-electron chi connectivity index (χ2n) is 26.6. The highest BCUT2D eigenvalue weighted by Crippen LogP contribution is 2.51. The molecule has 4 aromatic heterocycles. The first-order valence-electron chi connectivity index (χ1n) is 28.1. The predicted octanol–water partition coefficient (Wildman–Crippen LogP) is 19.7. The molecular weight excluding hydrogens is 982 g/mol. The van der Waals surface area contributed by atoms with Gasteiger partial charge in [-0.05, 0) is 140 Å². The number of rotatable bonds is 4. The van der Waals surface area contributed by atoms with E-state index in [0.717, 1.165) is 77.8 Å². The quantitative estimate of drug-likeness (QED) is 0.165. The maximum absolute atomic E-state index is 7.07. The lowest BCUT2D eigenvalue weighted by atomic mass is 9.47. The van der Waals surface area contributed by atoms with Gasteiger partial charge in [0.15, 0.2) is 0 Å². The van der Waals surface area contributed by atoms with E-state index in [1.165, 1.54) is 75.7 Å². The van der Waals surface area contributed by atoms with E-state index in [4.69, 9.17) is 8.83 Å². The number of para-hydroxylation sites is 1. The van der Waals surface area contributed by atoms with Crippen LogP contribution >= 0.6 is 11.3 Å². The van der Waals surface area contributed by atoms with Gasteiger partial charge >= 0.3 is 6.85 Å². The molecule has 0 unspecified atom stereocenters. The summed E-state index contributed by atoms with van der Waals surface area (Å²) in [6.07, 6.45) is 0. The summed E-state index contributed by atoms with van der Waals surface area (Å²) in [5.41, 5.74) is 21.9. The van der Waals surface area contributed by atoms with Crippen molar-refractivity contribution in [2.24, 2.45) is 0 Å². The lowest BCUT2D eigenvalue weighted by molar-refractivity contribution is 0.590. The van der Waals surface area contributed by atoms with Crippen LogP contribution in [0.1, 0.15) is 105 Å². The standard InChI is InChI=1S/C72H64BN3O2S/c1-69(2,3)41-17-24-45(25-18-41)74(46-26-19-42(20-27-46)70(4,5)6)48-30-33-61-54(36-48)56-37-52-50-31-32-51-53-38-55-49-15-13-14-16-60(49)77-62(55)39-58(53)75-66(51)65(50)73(68-67(75)57-35-44(72(10,11)12)23-34-64(57)79-68)76(59(52)40-63(56)78-61)47-28-21-43(22-29-47)71(7,8)9/h13-40H,1-12H3. The summed E-state index contributed by atoms with van der Waals surface area (Å²) in [4.78, 5) is 5.04. The monoisotopic (exact) mass is 1050 g/mol. The van der Waals surface area contributed by atoms with E-state index in [-0.39, 0.29) is 28.5 Å². The molecule has 0 spiro atoms. The summed E-state index contributed by atoms with van der Waals surface area (Å²) in [6, 6.07) is 64.3. The van der Waals surface area contributed by atoms with Crippen LogP contribution in [0.4, 0.5) is 28.4 Å². The Balaban J connectivity index is 1.01. The zero-order chi connectivity index (χ0) is 54.4. The third-order valence-electron chi connectivity index (χ3n) is 17.4. The van der Waals surface area contributed by atoms with Crippen LogP contribution in [-0.4, -0.2) is 11.4 Å². The zero-order valence-electron chi connectivity index (χ0n) is 47.3. The van der Waals surface area contributed by atoms with Crippen LogP contribution in [0.5, 0.6) is 0 Å². The number of nitrogens with zero attached hydrogens (tertiary/aromatic N) is 3. The second-order valence-corrected chi connectivity index (χ2v) is 27.7. The van der Waals surface area contributed by atoms with E-state index in [1.807, 2.05) is 11.3 Å². The van der Waals surface area contributed by atoms with Crippen molar-refractivity contribution < 1.29 is 8.83 Å². The molecule has 79 heavy (non-hydrogen) atoms. The van der Waals surface area contributed by atoms with Gasteiger partial charge in [0.05, 0.1) is 16.7 Å². The minimum atomic E-state index is -0.130. The van der Waals surface area contributed by atoms with Crippen molar-refractivity contribution in [2.45, 2.75) is 105 Å². The van der Waals surface area contributed by atoms with Crippen LogP contribution in [-0.2, 0) is 21.7 Å². The molecule has 15 rings (SSSR count). The van der Waals surface area contributed by atoms with Gasteiger partial charge in [-0.2, -0.15) is 0 Å². The largest absolute Gasteiger partial charge is 0.456 e. The van der Waals surface area contributed by atoms with E-state index in [9.17, 15) is 0 Å². The molecule has 0 saturated heterocycles. The van der Waals surface area contributed by atoms with Gasteiger partial charge in [0.1, 0.15) is 22.3 Å². The highest BCUT2D eigenvalue weighted by Gasteiger charge is 2.46. The molecule has 7 heteroatoms. The van der Waals surface area contributed by atoms with Crippen LogP contribution in [0.15, 0.2) is 179 Å². The minimum absolute atomic E-state index is 0.00256. The summed E-state index contributed by atoms with van der Waals surface area (Å²) < 4.78 is 19.0. The molecule has 0 saturated carbocycles. The Morgan fingerprint density at radius 3 is 1.62 bits per heavy atom. The molecule has 9 aromatic carbocycles. The van der Waals surface area contributed by atoms with Crippen molar-refractivity contribution in [3.63, 3.8) is 0 Å². The van der Waals surface area contributed by atoms with Crippen LogP contribution in [0.3, 0.4) is 0 Å². The fourth-order valence-corrected chi connectivity index (χ4v) is 14.3. The molecule has 5 nitrogen and oxygen atoms in total. The smallest absolute Gasteiger partial charge is 0.343 e. The molecule has 2 aliphatic rings. The Hall–Kier alpha value is -8.00.